The van der Waals surface area contributed by atoms with Crippen LogP contribution in [-0.2, 0) is 6.54 Å². The summed E-state index contributed by atoms with van der Waals surface area (Å²) >= 11 is 1.57. The highest BCUT2D eigenvalue weighted by Crippen LogP contribution is 2.42. The van der Waals surface area contributed by atoms with E-state index in [1.54, 1.807) is 16.7 Å². The van der Waals surface area contributed by atoms with E-state index in [4.69, 9.17) is 0 Å². The molecule has 3 aromatic carbocycles. The maximum atomic E-state index is 13.6. The summed E-state index contributed by atoms with van der Waals surface area (Å²) in [6, 6.07) is 21.5. The lowest BCUT2D eigenvalue weighted by atomic mass is 10.1. The number of aryl methyl sites for hydroxylation is 1. The molecule has 2 amide bonds. The Balaban J connectivity index is 1.72. The van der Waals surface area contributed by atoms with Crippen molar-refractivity contribution in [3.63, 3.8) is 0 Å². The molecule has 0 atom stereocenters. The van der Waals surface area contributed by atoms with E-state index < -0.39 is 0 Å². The number of benzene rings is 3. The summed E-state index contributed by atoms with van der Waals surface area (Å²) in [6.07, 6.45) is 0.930. The van der Waals surface area contributed by atoms with Gasteiger partial charge in [-0.3, -0.25) is 9.59 Å². The summed E-state index contributed by atoms with van der Waals surface area (Å²) in [4.78, 5) is 30.1. The lowest BCUT2D eigenvalue weighted by Crippen LogP contribution is -2.31. The van der Waals surface area contributed by atoms with E-state index in [2.05, 4.69) is 25.2 Å². The molecule has 0 spiro atoms. The van der Waals surface area contributed by atoms with Gasteiger partial charge in [-0.05, 0) is 55.2 Å². The van der Waals surface area contributed by atoms with Crippen LogP contribution in [0.15, 0.2) is 76.5 Å². The second kappa shape index (κ2) is 9.61. The minimum absolute atomic E-state index is 0.0503. The molecule has 5 heteroatoms. The van der Waals surface area contributed by atoms with Gasteiger partial charge in [-0.2, -0.15) is 0 Å². The van der Waals surface area contributed by atoms with Crippen molar-refractivity contribution in [1.82, 2.24) is 5.32 Å². The van der Waals surface area contributed by atoms with Crippen molar-refractivity contribution in [3.8, 4) is 0 Å². The second-order valence-corrected chi connectivity index (χ2v) is 9.68. The van der Waals surface area contributed by atoms with Gasteiger partial charge in [-0.1, -0.05) is 67.6 Å². The van der Waals surface area contributed by atoms with Crippen LogP contribution in [0.3, 0.4) is 0 Å². The van der Waals surface area contributed by atoms with Crippen molar-refractivity contribution >= 4 is 29.3 Å². The van der Waals surface area contributed by atoms with Gasteiger partial charge < -0.3 is 10.2 Å². The number of nitrogens with zero attached hydrogens (tertiary/aromatic N) is 1. The third-order valence-electron chi connectivity index (χ3n) is 5.52. The molecule has 4 rings (SSSR count). The molecule has 1 N–H and O–H groups in total. The zero-order chi connectivity index (χ0) is 22.7. The van der Waals surface area contributed by atoms with Crippen molar-refractivity contribution in [3.05, 3.63) is 89.0 Å². The van der Waals surface area contributed by atoms with Gasteiger partial charge in [0, 0.05) is 21.9 Å². The molecule has 0 radical (unpaired) electrons. The summed E-state index contributed by atoms with van der Waals surface area (Å²) in [5, 5.41) is 3.00. The molecule has 4 nitrogen and oxygen atoms in total. The largest absolute Gasteiger partial charge is 0.352 e. The standard InChI is InChI=1S/C27H28N2O2S/c1-18(2)13-14-28-26(30)21-11-12-25-23(16-21)29(17-20-8-6-7-19(3)15-20)27(31)22-9-4-5-10-24(22)32-25/h4-12,15-16,18H,13-14,17H2,1-3H3,(H,28,30). The number of nitrogens with one attached hydrogen (secondary N) is 1. The first kappa shape index (κ1) is 22.2. The van der Waals surface area contributed by atoms with Crippen molar-refractivity contribution in [2.24, 2.45) is 5.92 Å². The van der Waals surface area contributed by atoms with Crippen molar-refractivity contribution < 1.29 is 9.59 Å². The first-order valence-electron chi connectivity index (χ1n) is 11.0. The average Bonchev–Trinajstić information content (AvgIpc) is 2.88. The van der Waals surface area contributed by atoms with Gasteiger partial charge in [0.25, 0.3) is 11.8 Å². The minimum Gasteiger partial charge on any atom is -0.352 e. The van der Waals surface area contributed by atoms with E-state index in [1.165, 1.54) is 0 Å². The Labute approximate surface area is 194 Å². The molecule has 0 saturated carbocycles. The monoisotopic (exact) mass is 444 g/mol. The number of carbonyl (C=O) groups is 2. The van der Waals surface area contributed by atoms with E-state index in [0.29, 0.717) is 30.1 Å². The normalized spacial score (nSPS) is 12.9. The predicted molar refractivity (Wildman–Crippen MR) is 130 cm³/mol. The zero-order valence-corrected chi connectivity index (χ0v) is 19.5. The molecule has 0 aliphatic carbocycles. The summed E-state index contributed by atoms with van der Waals surface area (Å²) < 4.78 is 0. The zero-order valence-electron chi connectivity index (χ0n) is 18.7. The van der Waals surface area contributed by atoms with Gasteiger partial charge in [0.15, 0.2) is 0 Å². The number of hydrogen-bond donors (Lipinski definition) is 1. The quantitative estimate of drug-likeness (QED) is 0.501. The number of carbonyl (C=O) groups excluding carboxylic acids is 2. The Hall–Kier alpha value is -3.05. The molecule has 164 valence electrons. The average molecular weight is 445 g/mol. The molecule has 1 aliphatic rings. The first-order chi connectivity index (χ1) is 15.4. The number of fused-ring (bicyclic) bond motifs is 2. The molecule has 0 bridgehead atoms. The molecule has 0 unspecified atom stereocenters. The fraction of sp³-hybridized carbons (Fsp3) is 0.259. The number of amides is 2. The maximum absolute atomic E-state index is 13.6. The van der Waals surface area contributed by atoms with Crippen LogP contribution in [0.25, 0.3) is 0 Å². The van der Waals surface area contributed by atoms with Crippen molar-refractivity contribution in [2.45, 2.75) is 43.5 Å². The van der Waals surface area contributed by atoms with E-state index in [1.807, 2.05) is 67.6 Å². The topological polar surface area (TPSA) is 49.4 Å². The minimum atomic E-state index is -0.108. The van der Waals surface area contributed by atoms with Crippen LogP contribution in [0.5, 0.6) is 0 Å². The van der Waals surface area contributed by atoms with Crippen LogP contribution in [0.2, 0.25) is 0 Å². The molecule has 1 heterocycles. The van der Waals surface area contributed by atoms with Crippen LogP contribution in [0.4, 0.5) is 5.69 Å². The van der Waals surface area contributed by atoms with Gasteiger partial charge in [0.05, 0.1) is 17.8 Å². The first-order valence-corrected chi connectivity index (χ1v) is 11.8. The van der Waals surface area contributed by atoms with Crippen molar-refractivity contribution in [2.75, 3.05) is 11.4 Å². The van der Waals surface area contributed by atoms with Crippen molar-refractivity contribution in [1.29, 1.82) is 0 Å². The van der Waals surface area contributed by atoms with Crippen LogP contribution in [0, 0.1) is 12.8 Å². The fourth-order valence-corrected chi connectivity index (χ4v) is 4.85. The van der Waals surface area contributed by atoms with E-state index >= 15 is 0 Å². The molecular formula is C27H28N2O2S. The summed E-state index contributed by atoms with van der Waals surface area (Å²) in [7, 11) is 0. The highest BCUT2D eigenvalue weighted by atomic mass is 32.2. The third-order valence-corrected chi connectivity index (χ3v) is 6.67. The Morgan fingerprint density at radius 3 is 2.59 bits per heavy atom. The molecule has 0 saturated heterocycles. The van der Waals surface area contributed by atoms with Crippen LogP contribution < -0.4 is 10.2 Å². The second-order valence-electron chi connectivity index (χ2n) is 8.60. The van der Waals surface area contributed by atoms with E-state index in [-0.39, 0.29) is 11.8 Å². The highest BCUT2D eigenvalue weighted by Gasteiger charge is 2.28. The van der Waals surface area contributed by atoms with Crippen LogP contribution in [-0.4, -0.2) is 18.4 Å². The number of hydrogen-bond acceptors (Lipinski definition) is 3. The molecule has 0 aromatic heterocycles. The number of rotatable bonds is 6. The third kappa shape index (κ3) is 4.89. The smallest absolute Gasteiger partial charge is 0.259 e. The Morgan fingerprint density at radius 2 is 1.81 bits per heavy atom. The molecule has 0 fully saturated rings. The Kier molecular flexibility index (Phi) is 6.66. The van der Waals surface area contributed by atoms with E-state index in [0.717, 1.165) is 33.0 Å². The van der Waals surface area contributed by atoms with Gasteiger partial charge >= 0.3 is 0 Å². The molecule has 32 heavy (non-hydrogen) atoms. The molecular weight excluding hydrogens is 416 g/mol. The van der Waals surface area contributed by atoms with E-state index in [9.17, 15) is 9.59 Å². The van der Waals surface area contributed by atoms with Crippen LogP contribution in [0.1, 0.15) is 52.1 Å². The lowest BCUT2D eigenvalue weighted by Gasteiger charge is -2.24. The predicted octanol–water partition coefficient (Wildman–Crippen LogP) is 6.08. The van der Waals surface area contributed by atoms with Gasteiger partial charge in [0.2, 0.25) is 0 Å². The SMILES string of the molecule is Cc1cccc(CN2C(=O)c3ccccc3Sc3ccc(C(=O)NCCC(C)C)cc32)c1. The van der Waals surface area contributed by atoms with Crippen LogP contribution >= 0.6 is 11.8 Å². The Bertz CT molecular complexity index is 1160. The summed E-state index contributed by atoms with van der Waals surface area (Å²) in [6.45, 7) is 7.41. The molecule has 3 aromatic rings. The van der Waals surface area contributed by atoms with Gasteiger partial charge in [-0.15, -0.1) is 0 Å². The Morgan fingerprint density at radius 1 is 1.00 bits per heavy atom. The van der Waals surface area contributed by atoms with Gasteiger partial charge in [0.1, 0.15) is 0 Å². The lowest BCUT2D eigenvalue weighted by molar-refractivity contribution is 0.0948. The maximum Gasteiger partial charge on any atom is 0.259 e. The highest BCUT2D eigenvalue weighted by molar-refractivity contribution is 7.99. The summed E-state index contributed by atoms with van der Waals surface area (Å²) in [5.74, 6) is 0.369. The fourth-order valence-electron chi connectivity index (χ4n) is 3.79. The number of anilines is 1. The van der Waals surface area contributed by atoms with Gasteiger partial charge in [-0.25, -0.2) is 0 Å². The summed E-state index contributed by atoms with van der Waals surface area (Å²) in [5.41, 5.74) is 4.23. The molecule has 1 aliphatic heterocycles.